The van der Waals surface area contributed by atoms with E-state index in [0.29, 0.717) is 23.9 Å². The fourth-order valence-electron chi connectivity index (χ4n) is 1.09. The van der Waals surface area contributed by atoms with E-state index < -0.39 is 0 Å². The van der Waals surface area contributed by atoms with E-state index in [9.17, 15) is 0 Å². The maximum Gasteiger partial charge on any atom is 0.169 e. The van der Waals surface area contributed by atoms with Gasteiger partial charge in [-0.05, 0) is 12.1 Å². The lowest BCUT2D eigenvalue weighted by Crippen LogP contribution is -2.01. The summed E-state index contributed by atoms with van der Waals surface area (Å²) in [6.07, 6.45) is 2.87. The molecule has 5 nitrogen and oxygen atoms in total. The molecule has 0 spiro atoms. The third-order valence-electron chi connectivity index (χ3n) is 1.77. The van der Waals surface area contributed by atoms with Crippen molar-refractivity contribution in [2.45, 2.75) is 6.61 Å². The molecule has 0 radical (unpaired) electrons. The van der Waals surface area contributed by atoms with E-state index in [1.54, 1.807) is 12.1 Å². The van der Waals surface area contributed by atoms with E-state index in [-0.39, 0.29) is 0 Å². The fourth-order valence-corrected chi connectivity index (χ4v) is 1.09. The van der Waals surface area contributed by atoms with E-state index >= 15 is 0 Å². The van der Waals surface area contributed by atoms with Crippen molar-refractivity contribution in [1.29, 1.82) is 0 Å². The van der Waals surface area contributed by atoms with Crippen LogP contribution in [0.25, 0.3) is 0 Å². The Balaban J connectivity index is 1.99. The lowest BCUT2D eigenvalue weighted by atomic mass is 10.3. The minimum Gasteiger partial charge on any atom is -0.486 e. The van der Waals surface area contributed by atoms with Crippen LogP contribution in [0.5, 0.6) is 5.75 Å². The number of hydrogen-bond donors (Lipinski definition) is 1. The van der Waals surface area contributed by atoms with E-state index in [4.69, 9.17) is 10.5 Å². The van der Waals surface area contributed by atoms with Gasteiger partial charge in [0.2, 0.25) is 0 Å². The van der Waals surface area contributed by atoms with Gasteiger partial charge < -0.3 is 10.5 Å². The number of aromatic nitrogens is 3. The largest absolute Gasteiger partial charge is 0.486 e. The molecule has 2 N–H and O–H groups in total. The normalized spacial score (nSPS) is 9.87. The number of nitrogens with zero attached hydrogens (tertiary/aromatic N) is 3. The molecule has 2 rings (SSSR count). The van der Waals surface area contributed by atoms with Gasteiger partial charge in [-0.1, -0.05) is 6.07 Å². The summed E-state index contributed by atoms with van der Waals surface area (Å²) >= 11 is 0. The van der Waals surface area contributed by atoms with Crippen molar-refractivity contribution < 1.29 is 4.74 Å². The molecule has 1 aromatic carbocycles. The Hall–Kier alpha value is -2.17. The van der Waals surface area contributed by atoms with Crippen molar-refractivity contribution in [3.63, 3.8) is 0 Å². The topological polar surface area (TPSA) is 73.9 Å². The van der Waals surface area contributed by atoms with E-state index in [2.05, 4.69) is 15.0 Å². The summed E-state index contributed by atoms with van der Waals surface area (Å²) in [5, 5.41) is 0. The van der Waals surface area contributed by atoms with Crippen molar-refractivity contribution >= 4 is 5.69 Å². The van der Waals surface area contributed by atoms with Gasteiger partial charge in [-0.25, -0.2) is 15.0 Å². The molecule has 0 aliphatic rings. The van der Waals surface area contributed by atoms with Gasteiger partial charge >= 0.3 is 0 Å². The summed E-state index contributed by atoms with van der Waals surface area (Å²) in [6.45, 7) is 0.311. The SMILES string of the molecule is Nc1cccc(OCc2ncncn2)c1. The van der Waals surface area contributed by atoms with Crippen LogP contribution in [0.1, 0.15) is 5.82 Å². The number of nitrogen functional groups attached to an aromatic ring is 1. The van der Waals surface area contributed by atoms with Crippen LogP contribution in [0.3, 0.4) is 0 Å². The summed E-state index contributed by atoms with van der Waals surface area (Å²) in [7, 11) is 0. The molecule has 0 saturated heterocycles. The quantitative estimate of drug-likeness (QED) is 0.752. The van der Waals surface area contributed by atoms with Crippen LogP contribution in [-0.2, 0) is 6.61 Å². The maximum atomic E-state index is 5.61. The van der Waals surface area contributed by atoms with Crippen molar-refractivity contribution in [2.75, 3.05) is 5.73 Å². The van der Waals surface area contributed by atoms with Gasteiger partial charge in [0.05, 0.1) is 0 Å². The fraction of sp³-hybridized carbons (Fsp3) is 0.100. The van der Waals surface area contributed by atoms with Crippen LogP contribution in [0.2, 0.25) is 0 Å². The molecule has 15 heavy (non-hydrogen) atoms. The highest BCUT2D eigenvalue weighted by Crippen LogP contribution is 2.15. The second kappa shape index (κ2) is 4.36. The molecule has 0 aliphatic heterocycles. The molecule has 0 unspecified atom stereocenters. The lowest BCUT2D eigenvalue weighted by molar-refractivity contribution is 0.295. The van der Waals surface area contributed by atoms with Gasteiger partial charge in [-0.3, -0.25) is 0 Å². The highest BCUT2D eigenvalue weighted by Gasteiger charge is 1.97. The van der Waals surface area contributed by atoms with E-state index in [1.807, 2.05) is 12.1 Å². The average Bonchev–Trinajstić information content (AvgIpc) is 2.28. The molecular formula is C10H10N4O. The van der Waals surface area contributed by atoms with Crippen molar-refractivity contribution in [1.82, 2.24) is 15.0 Å². The molecule has 5 heteroatoms. The Bertz CT molecular complexity index is 432. The highest BCUT2D eigenvalue weighted by molar-refractivity contribution is 5.43. The maximum absolute atomic E-state index is 5.61. The van der Waals surface area contributed by atoms with Crippen LogP contribution in [0.4, 0.5) is 5.69 Å². The Morgan fingerprint density at radius 1 is 1.20 bits per heavy atom. The highest BCUT2D eigenvalue weighted by atomic mass is 16.5. The zero-order valence-electron chi connectivity index (χ0n) is 8.00. The van der Waals surface area contributed by atoms with Crippen molar-refractivity contribution in [3.05, 3.63) is 42.7 Å². The van der Waals surface area contributed by atoms with Crippen LogP contribution in [0, 0.1) is 0 Å². The number of nitrogens with two attached hydrogens (primary N) is 1. The summed E-state index contributed by atoms with van der Waals surface area (Å²) in [4.78, 5) is 11.6. The summed E-state index contributed by atoms with van der Waals surface area (Å²) < 4.78 is 5.44. The predicted octanol–water partition coefficient (Wildman–Crippen LogP) is 1.03. The van der Waals surface area contributed by atoms with Gasteiger partial charge in [0.15, 0.2) is 5.82 Å². The van der Waals surface area contributed by atoms with Gasteiger partial charge in [0.25, 0.3) is 0 Å². The van der Waals surface area contributed by atoms with Crippen LogP contribution in [-0.4, -0.2) is 15.0 Å². The molecule has 1 heterocycles. The molecule has 76 valence electrons. The van der Waals surface area contributed by atoms with E-state index in [0.717, 1.165) is 0 Å². The van der Waals surface area contributed by atoms with Crippen LogP contribution >= 0.6 is 0 Å². The first kappa shape index (κ1) is 9.39. The Morgan fingerprint density at radius 3 is 2.73 bits per heavy atom. The van der Waals surface area contributed by atoms with Gasteiger partial charge in [0, 0.05) is 11.8 Å². The lowest BCUT2D eigenvalue weighted by Gasteiger charge is -2.04. The van der Waals surface area contributed by atoms with Crippen LogP contribution in [0.15, 0.2) is 36.9 Å². The second-order valence-electron chi connectivity index (χ2n) is 2.92. The molecule has 0 saturated carbocycles. The van der Waals surface area contributed by atoms with Gasteiger partial charge in [0.1, 0.15) is 25.0 Å². The first-order chi connectivity index (χ1) is 7.34. The molecule has 0 fully saturated rings. The summed E-state index contributed by atoms with van der Waals surface area (Å²) in [5.41, 5.74) is 6.28. The zero-order chi connectivity index (χ0) is 10.5. The monoisotopic (exact) mass is 202 g/mol. The molecule has 2 aromatic rings. The first-order valence-corrected chi connectivity index (χ1v) is 4.44. The zero-order valence-corrected chi connectivity index (χ0v) is 8.00. The molecule has 1 aromatic heterocycles. The predicted molar refractivity (Wildman–Crippen MR) is 55.0 cm³/mol. The molecule has 0 aliphatic carbocycles. The average molecular weight is 202 g/mol. The van der Waals surface area contributed by atoms with Crippen molar-refractivity contribution in [2.24, 2.45) is 0 Å². The summed E-state index contributed by atoms with van der Waals surface area (Å²) in [5.74, 6) is 1.29. The minimum atomic E-state index is 0.311. The second-order valence-corrected chi connectivity index (χ2v) is 2.92. The third kappa shape index (κ3) is 2.63. The molecular weight excluding hydrogens is 192 g/mol. The van der Waals surface area contributed by atoms with E-state index in [1.165, 1.54) is 12.7 Å². The number of anilines is 1. The van der Waals surface area contributed by atoms with Gasteiger partial charge in [-0.15, -0.1) is 0 Å². The number of rotatable bonds is 3. The first-order valence-electron chi connectivity index (χ1n) is 4.44. The minimum absolute atomic E-state index is 0.311. The smallest absolute Gasteiger partial charge is 0.169 e. The Kier molecular flexibility index (Phi) is 2.73. The molecule has 0 atom stereocenters. The van der Waals surface area contributed by atoms with Gasteiger partial charge in [-0.2, -0.15) is 0 Å². The number of hydrogen-bond acceptors (Lipinski definition) is 5. The third-order valence-corrected chi connectivity index (χ3v) is 1.77. The molecule has 0 amide bonds. The van der Waals surface area contributed by atoms with Crippen molar-refractivity contribution in [3.8, 4) is 5.75 Å². The Labute approximate surface area is 87.0 Å². The number of ether oxygens (including phenoxy) is 1. The number of benzene rings is 1. The standard InChI is InChI=1S/C10H10N4O/c11-8-2-1-3-9(4-8)15-5-10-13-6-12-7-14-10/h1-4,6-7H,5,11H2. The van der Waals surface area contributed by atoms with Crippen LogP contribution < -0.4 is 10.5 Å². The Morgan fingerprint density at radius 2 is 2.00 bits per heavy atom. The molecule has 0 bridgehead atoms. The summed E-state index contributed by atoms with van der Waals surface area (Å²) in [6, 6.07) is 7.21.